The van der Waals surface area contributed by atoms with E-state index in [1.165, 1.54) is 6.20 Å². The van der Waals surface area contributed by atoms with Crippen LogP contribution in [0, 0.1) is 0 Å². The lowest BCUT2D eigenvalue weighted by Gasteiger charge is -2.34. The van der Waals surface area contributed by atoms with E-state index in [4.69, 9.17) is 4.74 Å². The van der Waals surface area contributed by atoms with Crippen molar-refractivity contribution in [1.82, 2.24) is 19.4 Å². The first-order valence-electron chi connectivity index (χ1n) is 8.84. The van der Waals surface area contributed by atoms with E-state index in [2.05, 4.69) is 4.98 Å². The molecular formula is C20H20N4O3. The monoisotopic (exact) mass is 364 g/mol. The lowest BCUT2D eigenvalue weighted by molar-refractivity contribution is 0.0625. The minimum absolute atomic E-state index is 0.0195. The molecule has 1 aromatic carbocycles. The van der Waals surface area contributed by atoms with Crippen LogP contribution in [0.1, 0.15) is 10.5 Å². The summed E-state index contributed by atoms with van der Waals surface area (Å²) in [7, 11) is 1.90. The molecule has 2 amide bonds. The van der Waals surface area contributed by atoms with Gasteiger partial charge in [0.15, 0.2) is 5.75 Å². The number of hydrogen-bond donors (Lipinski definition) is 0. The molecule has 0 bridgehead atoms. The molecule has 3 aromatic rings. The second-order valence-corrected chi connectivity index (χ2v) is 6.48. The van der Waals surface area contributed by atoms with Gasteiger partial charge in [-0.25, -0.2) is 4.79 Å². The third-order valence-electron chi connectivity index (χ3n) is 4.84. The van der Waals surface area contributed by atoms with Gasteiger partial charge in [0.25, 0.3) is 5.91 Å². The summed E-state index contributed by atoms with van der Waals surface area (Å²) < 4.78 is 7.23. The predicted molar refractivity (Wildman–Crippen MR) is 101 cm³/mol. The normalized spacial score (nSPS) is 14.4. The van der Waals surface area contributed by atoms with Crippen molar-refractivity contribution in [2.24, 2.45) is 7.05 Å². The molecule has 0 unspecified atom stereocenters. The lowest BCUT2D eigenvalue weighted by Crippen LogP contribution is -2.51. The molecule has 1 saturated heterocycles. The molecule has 0 spiro atoms. The zero-order chi connectivity index (χ0) is 18.8. The molecule has 27 heavy (non-hydrogen) atoms. The van der Waals surface area contributed by atoms with E-state index in [0.29, 0.717) is 37.6 Å². The average Bonchev–Trinajstić information content (AvgIpc) is 3.05. The Morgan fingerprint density at radius 3 is 2.44 bits per heavy atom. The smallest absolute Gasteiger partial charge is 0.409 e. The Kier molecular flexibility index (Phi) is 4.50. The summed E-state index contributed by atoms with van der Waals surface area (Å²) in [6.07, 6.45) is 2.70. The third-order valence-corrected chi connectivity index (χ3v) is 4.84. The van der Waals surface area contributed by atoms with Crippen LogP contribution in [0.15, 0.2) is 54.9 Å². The molecule has 0 radical (unpaired) electrons. The van der Waals surface area contributed by atoms with Crippen LogP contribution in [0.4, 0.5) is 4.79 Å². The highest BCUT2D eigenvalue weighted by Crippen LogP contribution is 2.20. The minimum Gasteiger partial charge on any atom is -0.409 e. The Bertz CT molecular complexity index is 975. The van der Waals surface area contributed by atoms with Gasteiger partial charge in [0, 0.05) is 50.3 Å². The maximum Gasteiger partial charge on any atom is 0.415 e. The largest absolute Gasteiger partial charge is 0.415 e. The molecule has 1 fully saturated rings. The third kappa shape index (κ3) is 3.36. The number of nitrogens with zero attached hydrogens (tertiary/aromatic N) is 4. The van der Waals surface area contributed by atoms with Gasteiger partial charge < -0.3 is 19.1 Å². The average molecular weight is 364 g/mol. The Labute approximate surface area is 156 Å². The van der Waals surface area contributed by atoms with E-state index < -0.39 is 6.09 Å². The summed E-state index contributed by atoms with van der Waals surface area (Å²) in [4.78, 5) is 32.5. The standard InChI is InChI=1S/C20H20N4O3/c1-22-17-7-3-2-5-15(17)13-18(22)19(25)23-9-11-24(12-10-23)20(26)27-16-6-4-8-21-14-16/h2-8,13-14H,9-12H2,1H3. The summed E-state index contributed by atoms with van der Waals surface area (Å²) in [5.74, 6) is 0.394. The molecule has 0 N–H and O–H groups in total. The van der Waals surface area contributed by atoms with E-state index in [9.17, 15) is 9.59 Å². The molecule has 138 valence electrons. The zero-order valence-electron chi connectivity index (χ0n) is 15.0. The lowest BCUT2D eigenvalue weighted by atomic mass is 10.2. The van der Waals surface area contributed by atoms with Crippen molar-refractivity contribution in [2.75, 3.05) is 26.2 Å². The molecule has 2 aromatic heterocycles. The highest BCUT2D eigenvalue weighted by molar-refractivity contribution is 5.98. The highest BCUT2D eigenvalue weighted by Gasteiger charge is 2.27. The number of benzene rings is 1. The predicted octanol–water partition coefficient (Wildman–Crippen LogP) is 2.53. The molecule has 0 aliphatic carbocycles. The minimum atomic E-state index is -0.417. The van der Waals surface area contributed by atoms with Crippen LogP contribution in [-0.4, -0.2) is 57.5 Å². The quantitative estimate of drug-likeness (QED) is 0.701. The summed E-state index contributed by atoms with van der Waals surface area (Å²) in [5, 5.41) is 1.04. The van der Waals surface area contributed by atoms with Gasteiger partial charge in [0.2, 0.25) is 0 Å². The second kappa shape index (κ2) is 7.11. The van der Waals surface area contributed by atoms with Gasteiger partial charge in [-0.15, -0.1) is 0 Å². The molecule has 7 nitrogen and oxygen atoms in total. The van der Waals surface area contributed by atoms with Gasteiger partial charge in [0.05, 0.1) is 6.20 Å². The van der Waals surface area contributed by atoms with Crippen LogP contribution in [0.25, 0.3) is 10.9 Å². The Balaban J connectivity index is 1.40. The number of ether oxygens (including phenoxy) is 1. The van der Waals surface area contributed by atoms with Crippen molar-refractivity contribution in [1.29, 1.82) is 0 Å². The van der Waals surface area contributed by atoms with E-state index in [1.54, 1.807) is 28.1 Å². The number of pyridine rings is 1. The molecule has 7 heteroatoms. The number of amides is 2. The van der Waals surface area contributed by atoms with Crippen LogP contribution < -0.4 is 4.74 Å². The van der Waals surface area contributed by atoms with E-state index >= 15 is 0 Å². The maximum absolute atomic E-state index is 12.9. The van der Waals surface area contributed by atoms with Crippen molar-refractivity contribution in [3.63, 3.8) is 0 Å². The summed E-state index contributed by atoms with van der Waals surface area (Å²) in [6.45, 7) is 1.83. The van der Waals surface area contributed by atoms with Crippen LogP contribution in [0.2, 0.25) is 0 Å². The Morgan fingerprint density at radius 2 is 1.74 bits per heavy atom. The number of para-hydroxylation sites is 1. The van der Waals surface area contributed by atoms with Crippen molar-refractivity contribution >= 4 is 22.9 Å². The fourth-order valence-electron chi connectivity index (χ4n) is 3.32. The van der Waals surface area contributed by atoms with Crippen molar-refractivity contribution in [3.05, 3.63) is 60.6 Å². The second-order valence-electron chi connectivity index (χ2n) is 6.48. The molecular weight excluding hydrogens is 344 g/mol. The van der Waals surface area contributed by atoms with Crippen LogP contribution in [0.5, 0.6) is 5.75 Å². The number of hydrogen-bond acceptors (Lipinski definition) is 4. The number of carbonyl (C=O) groups excluding carboxylic acids is 2. The first kappa shape index (κ1) is 17.1. The summed E-state index contributed by atoms with van der Waals surface area (Å²) in [5.41, 5.74) is 1.68. The van der Waals surface area contributed by atoms with Gasteiger partial charge >= 0.3 is 6.09 Å². The SMILES string of the molecule is Cn1c(C(=O)N2CCN(C(=O)Oc3cccnc3)CC2)cc2ccccc21. The molecule has 3 heterocycles. The van der Waals surface area contributed by atoms with Crippen molar-refractivity contribution in [2.45, 2.75) is 0 Å². The van der Waals surface area contributed by atoms with Crippen LogP contribution >= 0.6 is 0 Å². The maximum atomic E-state index is 12.9. The number of piperazine rings is 1. The van der Waals surface area contributed by atoms with E-state index in [1.807, 2.05) is 41.9 Å². The van der Waals surface area contributed by atoms with Crippen LogP contribution in [0.3, 0.4) is 0 Å². The topological polar surface area (TPSA) is 67.7 Å². The number of aromatic nitrogens is 2. The van der Waals surface area contributed by atoms with Gasteiger partial charge in [0.1, 0.15) is 5.69 Å². The highest BCUT2D eigenvalue weighted by atomic mass is 16.6. The van der Waals surface area contributed by atoms with Crippen molar-refractivity contribution < 1.29 is 14.3 Å². The van der Waals surface area contributed by atoms with Gasteiger partial charge in [-0.1, -0.05) is 18.2 Å². The molecule has 0 saturated carbocycles. The molecule has 0 atom stereocenters. The van der Waals surface area contributed by atoms with E-state index in [0.717, 1.165) is 10.9 Å². The van der Waals surface area contributed by atoms with Crippen LogP contribution in [-0.2, 0) is 7.05 Å². The first-order valence-corrected chi connectivity index (χ1v) is 8.84. The van der Waals surface area contributed by atoms with E-state index in [-0.39, 0.29) is 5.91 Å². The van der Waals surface area contributed by atoms with Gasteiger partial charge in [-0.3, -0.25) is 9.78 Å². The molecule has 4 rings (SSSR count). The van der Waals surface area contributed by atoms with Gasteiger partial charge in [-0.2, -0.15) is 0 Å². The molecule has 1 aliphatic rings. The van der Waals surface area contributed by atoms with Gasteiger partial charge in [-0.05, 0) is 24.3 Å². The number of rotatable bonds is 2. The Morgan fingerprint density at radius 1 is 1.00 bits per heavy atom. The fourth-order valence-corrected chi connectivity index (χ4v) is 3.32. The number of fused-ring (bicyclic) bond motifs is 1. The summed E-state index contributed by atoms with van der Waals surface area (Å²) >= 11 is 0. The Hall–Kier alpha value is -3.35. The summed E-state index contributed by atoms with van der Waals surface area (Å²) in [6, 6.07) is 13.2. The number of aryl methyl sites for hydroxylation is 1. The van der Waals surface area contributed by atoms with Crippen molar-refractivity contribution in [3.8, 4) is 5.75 Å². The molecule has 1 aliphatic heterocycles. The fraction of sp³-hybridized carbons (Fsp3) is 0.250. The number of carbonyl (C=O) groups is 2. The first-order chi connectivity index (χ1) is 13.1. The zero-order valence-corrected chi connectivity index (χ0v) is 15.0.